The summed E-state index contributed by atoms with van der Waals surface area (Å²) in [4.78, 5) is 12.6. The smallest absolute Gasteiger partial charge is 0.235 e. The molecule has 0 N–H and O–H groups in total. The Morgan fingerprint density at radius 1 is 1.09 bits per heavy atom. The molecule has 4 nitrogen and oxygen atoms in total. The van der Waals surface area contributed by atoms with Gasteiger partial charge in [0.2, 0.25) is 5.78 Å². The van der Waals surface area contributed by atoms with Gasteiger partial charge in [-0.15, -0.1) is 0 Å². The lowest BCUT2D eigenvalue weighted by atomic mass is 10.1. The molecule has 3 rings (SSSR count). The molecule has 0 unspecified atom stereocenters. The molecule has 0 atom stereocenters. The number of methoxy groups -OCH3 is 2. The Labute approximate surface area is 136 Å². The van der Waals surface area contributed by atoms with Crippen LogP contribution < -0.4 is 14.2 Å². The Hall–Kier alpha value is -2.27. The number of Topliss-reactive ketones (excluding diaryl/α,β-unsaturated/α-hetero) is 1. The third kappa shape index (κ3) is 2.37. The van der Waals surface area contributed by atoms with Crippen LogP contribution in [-0.4, -0.2) is 20.0 Å². The minimum Gasteiger partial charge on any atom is -0.496 e. The fourth-order valence-corrected chi connectivity index (χ4v) is 2.84. The fourth-order valence-electron chi connectivity index (χ4n) is 2.28. The van der Waals surface area contributed by atoms with Gasteiger partial charge in [-0.3, -0.25) is 4.79 Å². The topological polar surface area (TPSA) is 44.8 Å². The average molecular weight is 361 g/mol. The highest BCUT2D eigenvalue weighted by Crippen LogP contribution is 2.48. The van der Waals surface area contributed by atoms with E-state index in [0.29, 0.717) is 27.3 Å². The molecule has 0 fully saturated rings. The van der Waals surface area contributed by atoms with E-state index < -0.39 is 0 Å². The second-order valence-electron chi connectivity index (χ2n) is 4.65. The molecule has 22 heavy (non-hydrogen) atoms. The zero-order valence-electron chi connectivity index (χ0n) is 12.1. The van der Waals surface area contributed by atoms with Crippen molar-refractivity contribution in [3.05, 3.63) is 57.8 Å². The lowest BCUT2D eigenvalue weighted by Gasteiger charge is -2.10. The summed E-state index contributed by atoms with van der Waals surface area (Å²) in [6.45, 7) is 0. The predicted molar refractivity (Wildman–Crippen MR) is 86.6 cm³/mol. The first-order valence-corrected chi connectivity index (χ1v) is 7.38. The Kier molecular flexibility index (Phi) is 3.90. The molecule has 0 saturated carbocycles. The van der Waals surface area contributed by atoms with E-state index in [4.69, 9.17) is 14.2 Å². The monoisotopic (exact) mass is 360 g/mol. The summed E-state index contributed by atoms with van der Waals surface area (Å²) in [7, 11) is 3.05. The zero-order chi connectivity index (χ0) is 15.7. The minimum atomic E-state index is -0.209. The van der Waals surface area contributed by atoms with Gasteiger partial charge in [0.1, 0.15) is 21.5 Å². The first kappa shape index (κ1) is 14.7. The summed E-state index contributed by atoms with van der Waals surface area (Å²) in [5.74, 6) is 1.44. The lowest BCUT2D eigenvalue weighted by molar-refractivity contribution is 0.101. The Balaban J connectivity index is 2.11. The van der Waals surface area contributed by atoms with Crippen molar-refractivity contribution in [1.29, 1.82) is 0 Å². The van der Waals surface area contributed by atoms with Crippen molar-refractivity contribution in [1.82, 2.24) is 0 Å². The number of halogens is 1. The zero-order valence-corrected chi connectivity index (χ0v) is 13.6. The highest BCUT2D eigenvalue weighted by Gasteiger charge is 2.34. The lowest BCUT2D eigenvalue weighted by Crippen LogP contribution is -2.00. The predicted octanol–water partition coefficient (Wildman–Crippen LogP) is 4.08. The summed E-state index contributed by atoms with van der Waals surface area (Å²) < 4.78 is 16.9. The molecule has 5 heteroatoms. The Morgan fingerprint density at radius 2 is 1.77 bits per heavy atom. The van der Waals surface area contributed by atoms with E-state index in [9.17, 15) is 4.79 Å². The van der Waals surface area contributed by atoms with Gasteiger partial charge < -0.3 is 14.2 Å². The van der Waals surface area contributed by atoms with Crippen molar-refractivity contribution in [2.24, 2.45) is 0 Å². The van der Waals surface area contributed by atoms with E-state index in [-0.39, 0.29) is 11.5 Å². The minimum absolute atomic E-state index is 0.209. The Bertz CT molecular complexity index is 766. The SMILES string of the molecule is COc1cc(OC)c2c(c1Br)O/C(=C\c1ccccc1)C2=O. The summed E-state index contributed by atoms with van der Waals surface area (Å²) in [6.07, 6.45) is 1.71. The molecule has 0 spiro atoms. The van der Waals surface area contributed by atoms with Crippen LogP contribution in [-0.2, 0) is 0 Å². The quantitative estimate of drug-likeness (QED) is 0.773. The van der Waals surface area contributed by atoms with Gasteiger partial charge >= 0.3 is 0 Å². The van der Waals surface area contributed by atoms with E-state index >= 15 is 0 Å². The summed E-state index contributed by atoms with van der Waals surface area (Å²) in [6, 6.07) is 11.2. The number of carbonyl (C=O) groups excluding carboxylic acids is 1. The largest absolute Gasteiger partial charge is 0.496 e. The van der Waals surface area contributed by atoms with E-state index in [2.05, 4.69) is 15.9 Å². The van der Waals surface area contributed by atoms with Gasteiger partial charge in [-0.1, -0.05) is 30.3 Å². The van der Waals surface area contributed by atoms with Crippen molar-refractivity contribution >= 4 is 27.8 Å². The van der Waals surface area contributed by atoms with Crippen molar-refractivity contribution in [3.63, 3.8) is 0 Å². The molecule has 0 bridgehead atoms. The van der Waals surface area contributed by atoms with Crippen molar-refractivity contribution in [3.8, 4) is 17.2 Å². The molecular weight excluding hydrogens is 348 g/mol. The van der Waals surface area contributed by atoms with Gasteiger partial charge in [-0.2, -0.15) is 0 Å². The molecule has 1 aliphatic heterocycles. The standard InChI is InChI=1S/C17H13BrO4/c1-20-11-9-12(21-2)15(18)17-14(11)16(19)13(22-17)8-10-6-4-3-5-7-10/h3-9H,1-2H3/b13-8-. The number of allylic oxidation sites excluding steroid dienone is 1. The highest BCUT2D eigenvalue weighted by molar-refractivity contribution is 9.10. The van der Waals surface area contributed by atoms with Crippen LogP contribution in [0.25, 0.3) is 6.08 Å². The molecule has 0 aromatic heterocycles. The van der Waals surface area contributed by atoms with E-state index in [1.807, 2.05) is 30.3 Å². The number of hydrogen-bond donors (Lipinski definition) is 0. The average Bonchev–Trinajstić information content (AvgIpc) is 2.87. The number of benzene rings is 2. The van der Waals surface area contributed by atoms with Crippen LogP contribution in [0.4, 0.5) is 0 Å². The molecule has 0 amide bonds. The van der Waals surface area contributed by atoms with Gasteiger partial charge in [0.25, 0.3) is 0 Å². The van der Waals surface area contributed by atoms with Crippen molar-refractivity contribution < 1.29 is 19.0 Å². The molecule has 2 aromatic carbocycles. The van der Waals surface area contributed by atoms with Crippen LogP contribution in [0.1, 0.15) is 15.9 Å². The van der Waals surface area contributed by atoms with Crippen LogP contribution in [0.15, 0.2) is 46.6 Å². The van der Waals surface area contributed by atoms with E-state index in [1.54, 1.807) is 19.3 Å². The molecule has 2 aromatic rings. The molecule has 0 aliphatic carbocycles. The highest BCUT2D eigenvalue weighted by atomic mass is 79.9. The van der Waals surface area contributed by atoms with Crippen LogP contribution in [0, 0.1) is 0 Å². The fraction of sp³-hybridized carbons (Fsp3) is 0.118. The van der Waals surface area contributed by atoms with Crippen LogP contribution in [0.5, 0.6) is 17.2 Å². The molecule has 1 aliphatic rings. The Morgan fingerprint density at radius 3 is 2.41 bits per heavy atom. The van der Waals surface area contributed by atoms with E-state index in [1.165, 1.54) is 7.11 Å². The molecule has 0 radical (unpaired) electrons. The number of ether oxygens (including phenoxy) is 3. The van der Waals surface area contributed by atoms with Crippen LogP contribution in [0.3, 0.4) is 0 Å². The van der Waals surface area contributed by atoms with Gasteiger partial charge in [0, 0.05) is 6.07 Å². The number of ketones is 1. The number of rotatable bonds is 3. The molecule has 1 heterocycles. The first-order chi connectivity index (χ1) is 10.7. The first-order valence-electron chi connectivity index (χ1n) is 6.59. The summed E-state index contributed by atoms with van der Waals surface area (Å²) in [5, 5.41) is 0. The van der Waals surface area contributed by atoms with Crippen LogP contribution in [0.2, 0.25) is 0 Å². The maximum Gasteiger partial charge on any atom is 0.235 e. The summed E-state index contributed by atoms with van der Waals surface area (Å²) in [5.41, 5.74) is 1.29. The number of carbonyl (C=O) groups is 1. The van der Waals surface area contributed by atoms with E-state index in [0.717, 1.165) is 5.56 Å². The molecular formula is C17H13BrO4. The van der Waals surface area contributed by atoms with Crippen molar-refractivity contribution in [2.45, 2.75) is 0 Å². The third-order valence-electron chi connectivity index (χ3n) is 3.35. The maximum absolute atomic E-state index is 12.6. The number of hydrogen-bond acceptors (Lipinski definition) is 4. The van der Waals surface area contributed by atoms with Gasteiger partial charge in [0.15, 0.2) is 11.5 Å². The molecule has 112 valence electrons. The normalized spacial score (nSPS) is 14.7. The molecule has 0 saturated heterocycles. The van der Waals surface area contributed by atoms with Crippen molar-refractivity contribution in [2.75, 3.05) is 14.2 Å². The van der Waals surface area contributed by atoms with Gasteiger partial charge in [-0.25, -0.2) is 0 Å². The van der Waals surface area contributed by atoms with Gasteiger partial charge in [-0.05, 0) is 27.6 Å². The second kappa shape index (κ2) is 5.85. The maximum atomic E-state index is 12.6. The van der Waals surface area contributed by atoms with Gasteiger partial charge in [0.05, 0.1) is 14.2 Å². The third-order valence-corrected chi connectivity index (χ3v) is 4.10. The number of fused-ring (bicyclic) bond motifs is 1. The summed E-state index contributed by atoms with van der Waals surface area (Å²) >= 11 is 3.41. The second-order valence-corrected chi connectivity index (χ2v) is 5.44. The van der Waals surface area contributed by atoms with Crippen LogP contribution >= 0.6 is 15.9 Å².